The minimum Gasteiger partial charge on any atom is -0.465 e. The summed E-state index contributed by atoms with van der Waals surface area (Å²) in [6.07, 6.45) is 10.5. The second-order valence-corrected chi connectivity index (χ2v) is 7.35. The van der Waals surface area contributed by atoms with E-state index in [4.69, 9.17) is 9.15 Å². The molecule has 5 nitrogen and oxygen atoms in total. The lowest BCUT2D eigenvalue weighted by molar-refractivity contribution is -0.111. The molecule has 2 heterocycles. The van der Waals surface area contributed by atoms with E-state index in [-0.39, 0.29) is 11.9 Å². The van der Waals surface area contributed by atoms with Crippen molar-refractivity contribution in [2.24, 2.45) is 0 Å². The Morgan fingerprint density at radius 2 is 2.15 bits per heavy atom. The standard InChI is InChI=1S/C20H23NO4S/c1-2-12-25-20(23)18-15-8-4-3-5-9-16(15)26-19(18)21-17(22)11-10-14-7-6-13-24-14/h6-7,10-11,13H,2-5,8-9,12H2,1H3,(H,21,22). The molecule has 2 aromatic rings. The normalized spacial score (nSPS) is 14.0. The predicted octanol–water partition coefficient (Wildman–Crippen LogP) is 4.83. The number of ether oxygens (including phenoxy) is 1. The predicted molar refractivity (Wildman–Crippen MR) is 103 cm³/mol. The molecule has 26 heavy (non-hydrogen) atoms. The van der Waals surface area contributed by atoms with Crippen LogP contribution < -0.4 is 5.32 Å². The van der Waals surface area contributed by atoms with E-state index in [1.807, 2.05) is 6.92 Å². The van der Waals surface area contributed by atoms with Gasteiger partial charge in [-0.3, -0.25) is 4.79 Å². The highest BCUT2D eigenvalue weighted by molar-refractivity contribution is 7.17. The Morgan fingerprint density at radius 3 is 2.92 bits per heavy atom. The van der Waals surface area contributed by atoms with Gasteiger partial charge in [0.25, 0.3) is 0 Å². The van der Waals surface area contributed by atoms with Crippen LogP contribution in [0.25, 0.3) is 6.08 Å². The third kappa shape index (κ3) is 4.43. The summed E-state index contributed by atoms with van der Waals surface area (Å²) >= 11 is 1.50. The molecular formula is C20H23NO4S. The Bertz CT molecular complexity index is 789. The van der Waals surface area contributed by atoms with Crippen LogP contribution in [-0.2, 0) is 22.4 Å². The van der Waals surface area contributed by atoms with Crippen LogP contribution in [0.4, 0.5) is 5.00 Å². The number of rotatable bonds is 6. The number of hydrogen-bond donors (Lipinski definition) is 1. The van der Waals surface area contributed by atoms with Crippen molar-refractivity contribution in [1.29, 1.82) is 0 Å². The van der Waals surface area contributed by atoms with E-state index in [1.165, 1.54) is 28.7 Å². The molecule has 0 saturated heterocycles. The number of anilines is 1. The first-order chi connectivity index (χ1) is 12.7. The molecule has 6 heteroatoms. The first kappa shape index (κ1) is 18.5. The van der Waals surface area contributed by atoms with Crippen molar-refractivity contribution in [3.8, 4) is 0 Å². The molecule has 0 aromatic carbocycles. The van der Waals surface area contributed by atoms with Gasteiger partial charge < -0.3 is 14.5 Å². The fraction of sp³-hybridized carbons (Fsp3) is 0.400. The van der Waals surface area contributed by atoms with Gasteiger partial charge in [0.05, 0.1) is 18.4 Å². The van der Waals surface area contributed by atoms with Gasteiger partial charge in [0.2, 0.25) is 5.91 Å². The van der Waals surface area contributed by atoms with Crippen molar-refractivity contribution >= 4 is 34.3 Å². The van der Waals surface area contributed by atoms with Gasteiger partial charge in [-0.15, -0.1) is 11.3 Å². The number of thiophene rings is 1. The van der Waals surface area contributed by atoms with Crippen LogP contribution in [0.15, 0.2) is 28.9 Å². The Kier molecular flexibility index (Phi) is 6.28. The topological polar surface area (TPSA) is 68.5 Å². The van der Waals surface area contributed by atoms with Crippen LogP contribution in [0.5, 0.6) is 0 Å². The van der Waals surface area contributed by atoms with Crippen molar-refractivity contribution in [1.82, 2.24) is 0 Å². The van der Waals surface area contributed by atoms with E-state index >= 15 is 0 Å². The molecule has 1 aliphatic carbocycles. The van der Waals surface area contributed by atoms with Gasteiger partial charge in [-0.2, -0.15) is 0 Å². The summed E-state index contributed by atoms with van der Waals surface area (Å²) in [7, 11) is 0. The summed E-state index contributed by atoms with van der Waals surface area (Å²) < 4.78 is 10.5. The van der Waals surface area contributed by atoms with Crippen LogP contribution in [-0.4, -0.2) is 18.5 Å². The highest BCUT2D eigenvalue weighted by Gasteiger charge is 2.26. The molecule has 3 rings (SSSR count). The number of esters is 1. The van der Waals surface area contributed by atoms with Crippen molar-refractivity contribution in [2.75, 3.05) is 11.9 Å². The lowest BCUT2D eigenvalue weighted by Gasteiger charge is -2.08. The number of fused-ring (bicyclic) bond motifs is 1. The van der Waals surface area contributed by atoms with Crippen molar-refractivity contribution in [2.45, 2.75) is 45.4 Å². The van der Waals surface area contributed by atoms with E-state index < -0.39 is 0 Å². The number of nitrogens with one attached hydrogen (secondary N) is 1. The summed E-state index contributed by atoms with van der Waals surface area (Å²) in [5.74, 6) is -0.0244. The monoisotopic (exact) mass is 373 g/mol. The average molecular weight is 373 g/mol. The third-order valence-electron chi connectivity index (χ3n) is 4.24. The number of hydrogen-bond acceptors (Lipinski definition) is 5. The molecule has 0 radical (unpaired) electrons. The number of furan rings is 1. The summed E-state index contributed by atoms with van der Waals surface area (Å²) in [6.45, 7) is 2.35. The molecule has 0 atom stereocenters. The Labute approximate surface area is 157 Å². The van der Waals surface area contributed by atoms with E-state index in [0.717, 1.165) is 37.7 Å². The third-order valence-corrected chi connectivity index (χ3v) is 5.45. The average Bonchev–Trinajstić information content (AvgIpc) is 3.20. The van der Waals surface area contributed by atoms with E-state index in [0.29, 0.717) is 22.9 Å². The maximum Gasteiger partial charge on any atom is 0.341 e. The molecule has 1 N–H and O–H groups in total. The molecule has 0 bridgehead atoms. The molecule has 0 aliphatic heterocycles. The zero-order valence-electron chi connectivity index (χ0n) is 14.9. The smallest absolute Gasteiger partial charge is 0.341 e. The fourth-order valence-electron chi connectivity index (χ4n) is 3.01. The maximum atomic E-state index is 12.6. The van der Waals surface area contributed by atoms with E-state index in [1.54, 1.807) is 24.5 Å². The van der Waals surface area contributed by atoms with Gasteiger partial charge in [-0.05, 0) is 55.9 Å². The molecule has 2 aromatic heterocycles. The summed E-state index contributed by atoms with van der Waals surface area (Å²) in [4.78, 5) is 26.1. The van der Waals surface area contributed by atoms with Gasteiger partial charge in [0.15, 0.2) is 0 Å². The highest BCUT2D eigenvalue weighted by Crippen LogP contribution is 2.38. The molecule has 1 amide bonds. The lowest BCUT2D eigenvalue weighted by atomic mass is 10.1. The molecule has 138 valence electrons. The second-order valence-electron chi connectivity index (χ2n) is 6.24. The van der Waals surface area contributed by atoms with Crippen molar-refractivity contribution in [3.63, 3.8) is 0 Å². The Morgan fingerprint density at radius 1 is 1.31 bits per heavy atom. The van der Waals surface area contributed by atoms with Crippen LogP contribution in [0.3, 0.4) is 0 Å². The first-order valence-electron chi connectivity index (χ1n) is 9.03. The minimum absolute atomic E-state index is 0.289. The Hall–Kier alpha value is -2.34. The molecule has 1 aliphatic rings. The molecule has 0 spiro atoms. The quantitative estimate of drug-likeness (QED) is 0.447. The molecule has 0 unspecified atom stereocenters. The summed E-state index contributed by atoms with van der Waals surface area (Å²) in [5, 5.41) is 3.45. The molecular weight excluding hydrogens is 350 g/mol. The number of carbonyl (C=O) groups excluding carboxylic acids is 2. The molecule has 0 fully saturated rings. The first-order valence-corrected chi connectivity index (χ1v) is 9.85. The SMILES string of the molecule is CCCOC(=O)c1c(NC(=O)C=Cc2ccco2)sc2c1CCCCC2. The van der Waals surface area contributed by atoms with E-state index in [2.05, 4.69) is 5.32 Å². The summed E-state index contributed by atoms with van der Waals surface area (Å²) in [5.41, 5.74) is 1.60. The zero-order chi connectivity index (χ0) is 18.4. The molecule has 0 saturated carbocycles. The van der Waals surface area contributed by atoms with Gasteiger partial charge in [0.1, 0.15) is 10.8 Å². The largest absolute Gasteiger partial charge is 0.465 e. The van der Waals surface area contributed by atoms with Crippen molar-refractivity contribution < 1.29 is 18.7 Å². The number of carbonyl (C=O) groups is 2. The lowest BCUT2D eigenvalue weighted by Crippen LogP contribution is -2.13. The highest BCUT2D eigenvalue weighted by atomic mass is 32.1. The van der Waals surface area contributed by atoms with Gasteiger partial charge in [-0.25, -0.2) is 4.79 Å². The van der Waals surface area contributed by atoms with Crippen LogP contribution >= 0.6 is 11.3 Å². The maximum absolute atomic E-state index is 12.6. The van der Waals surface area contributed by atoms with Crippen LogP contribution in [0.2, 0.25) is 0 Å². The number of amides is 1. The zero-order valence-corrected chi connectivity index (χ0v) is 15.7. The summed E-state index contributed by atoms with van der Waals surface area (Å²) in [6, 6.07) is 3.53. The fourth-order valence-corrected chi connectivity index (χ4v) is 4.29. The van der Waals surface area contributed by atoms with Gasteiger partial charge in [-0.1, -0.05) is 13.3 Å². The second kappa shape index (κ2) is 8.85. The van der Waals surface area contributed by atoms with E-state index in [9.17, 15) is 9.59 Å². The van der Waals surface area contributed by atoms with Crippen molar-refractivity contribution in [3.05, 3.63) is 46.2 Å². The van der Waals surface area contributed by atoms with Crippen LogP contribution in [0.1, 0.15) is 59.2 Å². The van der Waals surface area contributed by atoms with Gasteiger partial charge in [0, 0.05) is 11.0 Å². The Balaban J connectivity index is 1.83. The van der Waals surface area contributed by atoms with Crippen LogP contribution in [0, 0.1) is 0 Å². The van der Waals surface area contributed by atoms with Gasteiger partial charge >= 0.3 is 5.97 Å². The minimum atomic E-state index is -0.337. The number of aryl methyl sites for hydroxylation is 1.